The summed E-state index contributed by atoms with van der Waals surface area (Å²) in [6, 6.07) is 7.20. The fourth-order valence-corrected chi connectivity index (χ4v) is 1.24. The minimum absolute atomic E-state index is 0.0197. The molecule has 1 rings (SSSR count). The molecule has 0 aliphatic rings. The number of nitrogens with one attached hydrogen (secondary N) is 1. The lowest BCUT2D eigenvalue weighted by atomic mass is 10.3. The van der Waals surface area contributed by atoms with Crippen LogP contribution in [-0.2, 0) is 4.79 Å². The summed E-state index contributed by atoms with van der Waals surface area (Å²) in [4.78, 5) is 11.3. The van der Waals surface area contributed by atoms with E-state index >= 15 is 0 Å². The van der Waals surface area contributed by atoms with E-state index in [2.05, 4.69) is 17.9 Å². The number of hydrogen-bond donors (Lipinski definition) is 2. The van der Waals surface area contributed by atoms with Gasteiger partial charge in [-0.05, 0) is 12.1 Å². The molecule has 0 aromatic heterocycles. The number of thiol groups is 1. The first-order valence-electron chi connectivity index (χ1n) is 4.91. The molecular formula is C11H15NO3S. The number of para-hydroxylation sites is 2. The molecule has 1 aromatic carbocycles. The molecule has 0 saturated heterocycles. The third-order valence-corrected chi connectivity index (χ3v) is 2.09. The smallest absolute Gasteiger partial charge is 0.257 e. The fraction of sp³-hybridized carbons (Fsp3) is 0.364. The lowest BCUT2D eigenvalue weighted by Crippen LogP contribution is -2.30. The van der Waals surface area contributed by atoms with Crippen LogP contribution in [0.5, 0.6) is 11.5 Å². The van der Waals surface area contributed by atoms with Crippen LogP contribution in [0, 0.1) is 0 Å². The summed E-state index contributed by atoms with van der Waals surface area (Å²) in [5.74, 6) is 1.62. The van der Waals surface area contributed by atoms with Gasteiger partial charge in [0.2, 0.25) is 0 Å². The van der Waals surface area contributed by atoms with E-state index in [4.69, 9.17) is 9.47 Å². The third kappa shape index (κ3) is 4.02. The maximum absolute atomic E-state index is 11.3. The molecule has 4 nitrogen and oxygen atoms in total. The zero-order valence-electron chi connectivity index (χ0n) is 9.10. The van der Waals surface area contributed by atoms with Gasteiger partial charge in [-0.2, -0.15) is 12.6 Å². The van der Waals surface area contributed by atoms with Gasteiger partial charge in [-0.15, -0.1) is 0 Å². The van der Waals surface area contributed by atoms with E-state index in [1.54, 1.807) is 19.2 Å². The number of amides is 1. The maximum atomic E-state index is 11.3. The average molecular weight is 241 g/mol. The van der Waals surface area contributed by atoms with E-state index in [0.29, 0.717) is 23.8 Å². The zero-order valence-corrected chi connectivity index (χ0v) is 10.00. The van der Waals surface area contributed by atoms with Crippen molar-refractivity contribution in [3.8, 4) is 11.5 Å². The fourth-order valence-electron chi connectivity index (χ4n) is 1.13. The van der Waals surface area contributed by atoms with Crippen molar-refractivity contribution in [3.63, 3.8) is 0 Å². The Morgan fingerprint density at radius 3 is 2.69 bits per heavy atom. The second kappa shape index (κ2) is 7.00. The van der Waals surface area contributed by atoms with Gasteiger partial charge in [0, 0.05) is 12.3 Å². The largest absolute Gasteiger partial charge is 0.493 e. The zero-order chi connectivity index (χ0) is 11.8. The molecule has 0 aliphatic heterocycles. The topological polar surface area (TPSA) is 47.6 Å². The lowest BCUT2D eigenvalue weighted by Gasteiger charge is -2.09. The summed E-state index contributed by atoms with van der Waals surface area (Å²) in [5, 5.41) is 2.66. The van der Waals surface area contributed by atoms with E-state index < -0.39 is 0 Å². The standard InChI is InChI=1S/C11H15NO3S/c1-14-9-4-2-3-5-10(9)15-8-11(13)12-6-7-16/h2-5,16H,6-8H2,1H3,(H,12,13). The first-order chi connectivity index (χ1) is 7.77. The summed E-state index contributed by atoms with van der Waals surface area (Å²) in [7, 11) is 1.56. The minimum atomic E-state index is -0.167. The highest BCUT2D eigenvalue weighted by Gasteiger charge is 2.05. The Labute approximate surface area is 100 Å². The van der Waals surface area contributed by atoms with Crippen molar-refractivity contribution < 1.29 is 14.3 Å². The average Bonchev–Trinajstić information content (AvgIpc) is 2.34. The number of rotatable bonds is 6. The van der Waals surface area contributed by atoms with Crippen LogP contribution in [0.1, 0.15) is 0 Å². The monoisotopic (exact) mass is 241 g/mol. The van der Waals surface area contributed by atoms with Crippen LogP contribution in [0.2, 0.25) is 0 Å². The van der Waals surface area contributed by atoms with Gasteiger partial charge in [0.05, 0.1) is 7.11 Å². The molecule has 0 bridgehead atoms. The van der Waals surface area contributed by atoms with Gasteiger partial charge in [0.1, 0.15) is 0 Å². The highest BCUT2D eigenvalue weighted by Crippen LogP contribution is 2.25. The Morgan fingerprint density at radius 2 is 2.06 bits per heavy atom. The maximum Gasteiger partial charge on any atom is 0.257 e. The number of carbonyl (C=O) groups is 1. The lowest BCUT2D eigenvalue weighted by molar-refractivity contribution is -0.122. The predicted molar refractivity (Wildman–Crippen MR) is 65.4 cm³/mol. The Hall–Kier alpha value is -1.36. The molecule has 0 fully saturated rings. The van der Waals surface area contributed by atoms with Crippen LogP contribution < -0.4 is 14.8 Å². The molecule has 5 heteroatoms. The van der Waals surface area contributed by atoms with Crippen molar-refractivity contribution in [2.24, 2.45) is 0 Å². The van der Waals surface area contributed by atoms with Crippen LogP contribution in [0.3, 0.4) is 0 Å². The molecule has 1 amide bonds. The van der Waals surface area contributed by atoms with Crippen molar-refractivity contribution in [1.29, 1.82) is 0 Å². The molecule has 0 radical (unpaired) electrons. The first kappa shape index (κ1) is 12.7. The van der Waals surface area contributed by atoms with Crippen LogP contribution in [0.25, 0.3) is 0 Å². The van der Waals surface area contributed by atoms with E-state index in [1.807, 2.05) is 12.1 Å². The summed E-state index contributed by atoms with van der Waals surface area (Å²) in [6.07, 6.45) is 0. The molecule has 1 aromatic rings. The molecular weight excluding hydrogens is 226 g/mol. The Balaban J connectivity index is 2.44. The summed E-state index contributed by atoms with van der Waals surface area (Å²) in [5.41, 5.74) is 0. The first-order valence-corrected chi connectivity index (χ1v) is 5.54. The summed E-state index contributed by atoms with van der Waals surface area (Å²) >= 11 is 3.99. The number of hydrogen-bond acceptors (Lipinski definition) is 4. The molecule has 1 N–H and O–H groups in total. The van der Waals surface area contributed by atoms with E-state index in [1.165, 1.54) is 0 Å². The van der Waals surface area contributed by atoms with Crippen molar-refractivity contribution >= 4 is 18.5 Å². The van der Waals surface area contributed by atoms with Crippen molar-refractivity contribution in [2.45, 2.75) is 0 Å². The van der Waals surface area contributed by atoms with Gasteiger partial charge in [-0.3, -0.25) is 4.79 Å². The normalized spacial score (nSPS) is 9.62. The van der Waals surface area contributed by atoms with E-state index in [0.717, 1.165) is 0 Å². The second-order valence-corrected chi connectivity index (χ2v) is 3.46. The molecule has 0 saturated carbocycles. The van der Waals surface area contributed by atoms with Gasteiger partial charge in [-0.25, -0.2) is 0 Å². The SMILES string of the molecule is COc1ccccc1OCC(=O)NCCS. The van der Waals surface area contributed by atoms with Gasteiger partial charge >= 0.3 is 0 Å². The molecule has 0 aliphatic carbocycles. The summed E-state index contributed by atoms with van der Waals surface area (Å²) < 4.78 is 10.4. The quantitative estimate of drug-likeness (QED) is 0.734. The van der Waals surface area contributed by atoms with Crippen molar-refractivity contribution in [3.05, 3.63) is 24.3 Å². The third-order valence-electron chi connectivity index (χ3n) is 1.86. The molecule has 0 atom stereocenters. The van der Waals surface area contributed by atoms with Crippen LogP contribution in [-0.4, -0.2) is 31.9 Å². The van der Waals surface area contributed by atoms with Gasteiger partial charge in [0.25, 0.3) is 5.91 Å². The van der Waals surface area contributed by atoms with Gasteiger partial charge < -0.3 is 14.8 Å². The Bertz CT molecular complexity index is 344. The Morgan fingerprint density at radius 1 is 1.38 bits per heavy atom. The summed E-state index contributed by atoms with van der Waals surface area (Å²) in [6.45, 7) is 0.519. The second-order valence-electron chi connectivity index (χ2n) is 3.01. The molecule has 0 heterocycles. The number of benzene rings is 1. The molecule has 88 valence electrons. The predicted octanol–water partition coefficient (Wildman–Crippen LogP) is 1.12. The van der Waals surface area contributed by atoms with Crippen molar-refractivity contribution in [1.82, 2.24) is 5.32 Å². The van der Waals surface area contributed by atoms with Crippen LogP contribution >= 0.6 is 12.6 Å². The van der Waals surface area contributed by atoms with Gasteiger partial charge in [-0.1, -0.05) is 12.1 Å². The number of methoxy groups -OCH3 is 1. The Kier molecular flexibility index (Phi) is 5.56. The van der Waals surface area contributed by atoms with Crippen LogP contribution in [0.4, 0.5) is 0 Å². The van der Waals surface area contributed by atoms with Crippen molar-refractivity contribution in [2.75, 3.05) is 26.0 Å². The van der Waals surface area contributed by atoms with E-state index in [-0.39, 0.29) is 12.5 Å². The highest BCUT2D eigenvalue weighted by atomic mass is 32.1. The molecule has 16 heavy (non-hydrogen) atoms. The molecule has 0 unspecified atom stereocenters. The highest BCUT2D eigenvalue weighted by molar-refractivity contribution is 7.80. The number of carbonyl (C=O) groups excluding carboxylic acids is 1. The van der Waals surface area contributed by atoms with Gasteiger partial charge in [0.15, 0.2) is 18.1 Å². The minimum Gasteiger partial charge on any atom is -0.493 e. The van der Waals surface area contributed by atoms with Crippen LogP contribution in [0.15, 0.2) is 24.3 Å². The van der Waals surface area contributed by atoms with E-state index in [9.17, 15) is 4.79 Å². The molecule has 0 spiro atoms. The number of ether oxygens (including phenoxy) is 2.